The molecule has 118 valence electrons. The minimum absolute atomic E-state index is 0.209. The van der Waals surface area contributed by atoms with Gasteiger partial charge in [-0.1, -0.05) is 18.2 Å². The molecule has 22 heavy (non-hydrogen) atoms. The standard InChI is InChI=1S/C17H23N3O2/c1-5-20(15-9-7-6-8-12(15)2)11-10-18-17(21)16-13(3)19-14(4)22-16/h6-9H,5,10-11H2,1-4H3,(H,18,21). The smallest absolute Gasteiger partial charge is 0.289 e. The lowest BCUT2D eigenvalue weighted by molar-refractivity contribution is 0.0925. The molecule has 0 aliphatic rings. The fourth-order valence-electron chi connectivity index (χ4n) is 2.49. The molecule has 5 heteroatoms. The number of rotatable bonds is 6. The maximum absolute atomic E-state index is 12.1. The van der Waals surface area contributed by atoms with E-state index in [1.165, 1.54) is 11.3 Å². The van der Waals surface area contributed by atoms with Gasteiger partial charge in [0.1, 0.15) is 0 Å². The lowest BCUT2D eigenvalue weighted by Gasteiger charge is -2.24. The van der Waals surface area contributed by atoms with Gasteiger partial charge in [0.25, 0.3) is 5.91 Å². The van der Waals surface area contributed by atoms with E-state index < -0.39 is 0 Å². The number of hydrogen-bond acceptors (Lipinski definition) is 4. The monoisotopic (exact) mass is 301 g/mol. The Hall–Kier alpha value is -2.30. The van der Waals surface area contributed by atoms with Gasteiger partial charge in [-0.2, -0.15) is 0 Å². The van der Waals surface area contributed by atoms with Crippen LogP contribution in [0.25, 0.3) is 0 Å². The lowest BCUT2D eigenvalue weighted by Crippen LogP contribution is -2.35. The summed E-state index contributed by atoms with van der Waals surface area (Å²) in [5, 5.41) is 2.89. The molecular weight excluding hydrogens is 278 g/mol. The van der Waals surface area contributed by atoms with Gasteiger partial charge in [0, 0.05) is 32.2 Å². The first-order chi connectivity index (χ1) is 10.5. The molecule has 0 spiro atoms. The molecule has 0 bridgehead atoms. The van der Waals surface area contributed by atoms with Gasteiger partial charge in [-0.05, 0) is 32.4 Å². The molecule has 1 aromatic heterocycles. The zero-order chi connectivity index (χ0) is 16.1. The number of hydrogen-bond donors (Lipinski definition) is 1. The van der Waals surface area contributed by atoms with E-state index in [1.54, 1.807) is 13.8 Å². The molecule has 1 N–H and O–H groups in total. The molecule has 1 aromatic carbocycles. The summed E-state index contributed by atoms with van der Waals surface area (Å²) in [6, 6.07) is 8.26. The van der Waals surface area contributed by atoms with E-state index in [4.69, 9.17) is 4.42 Å². The first-order valence-corrected chi connectivity index (χ1v) is 7.55. The van der Waals surface area contributed by atoms with Crippen molar-refractivity contribution in [3.63, 3.8) is 0 Å². The number of likely N-dealkylation sites (N-methyl/N-ethyl adjacent to an activating group) is 1. The minimum atomic E-state index is -0.209. The number of para-hydroxylation sites is 1. The Labute approximate surface area is 131 Å². The number of carbonyl (C=O) groups is 1. The lowest BCUT2D eigenvalue weighted by atomic mass is 10.2. The number of aryl methyl sites for hydroxylation is 3. The van der Waals surface area contributed by atoms with Crippen molar-refractivity contribution < 1.29 is 9.21 Å². The Morgan fingerprint density at radius 2 is 2.00 bits per heavy atom. The SMILES string of the molecule is CCN(CCNC(=O)c1oc(C)nc1C)c1ccccc1C. The van der Waals surface area contributed by atoms with Crippen molar-refractivity contribution in [2.45, 2.75) is 27.7 Å². The maximum atomic E-state index is 12.1. The summed E-state index contributed by atoms with van der Waals surface area (Å²) in [6.07, 6.45) is 0. The van der Waals surface area contributed by atoms with Crippen molar-refractivity contribution in [1.82, 2.24) is 10.3 Å². The zero-order valence-electron chi connectivity index (χ0n) is 13.6. The second kappa shape index (κ2) is 7.11. The van der Waals surface area contributed by atoms with Crippen LogP contribution in [0.4, 0.5) is 5.69 Å². The van der Waals surface area contributed by atoms with Crippen LogP contribution >= 0.6 is 0 Å². The average molecular weight is 301 g/mol. The highest BCUT2D eigenvalue weighted by molar-refractivity contribution is 5.92. The quantitative estimate of drug-likeness (QED) is 0.891. The van der Waals surface area contributed by atoms with E-state index in [9.17, 15) is 4.79 Å². The highest BCUT2D eigenvalue weighted by Crippen LogP contribution is 2.18. The van der Waals surface area contributed by atoms with E-state index in [1.807, 2.05) is 12.1 Å². The van der Waals surface area contributed by atoms with Crippen molar-refractivity contribution in [3.8, 4) is 0 Å². The predicted octanol–water partition coefficient (Wildman–Crippen LogP) is 2.86. The normalized spacial score (nSPS) is 10.5. The maximum Gasteiger partial charge on any atom is 0.289 e. The van der Waals surface area contributed by atoms with Crippen LogP contribution < -0.4 is 10.2 Å². The number of nitrogens with one attached hydrogen (secondary N) is 1. The number of benzene rings is 1. The Bertz CT molecular complexity index is 649. The molecule has 0 saturated carbocycles. The minimum Gasteiger partial charge on any atom is -0.436 e. The van der Waals surface area contributed by atoms with Crippen LogP contribution in [0.1, 0.15) is 34.6 Å². The van der Waals surface area contributed by atoms with Crippen LogP contribution in [0.5, 0.6) is 0 Å². The Morgan fingerprint density at radius 3 is 2.59 bits per heavy atom. The first kappa shape index (κ1) is 16.1. The van der Waals surface area contributed by atoms with Crippen molar-refractivity contribution in [1.29, 1.82) is 0 Å². The van der Waals surface area contributed by atoms with Crippen LogP contribution in [-0.4, -0.2) is 30.5 Å². The van der Waals surface area contributed by atoms with Crippen molar-refractivity contribution in [2.75, 3.05) is 24.5 Å². The van der Waals surface area contributed by atoms with Gasteiger partial charge in [-0.3, -0.25) is 4.79 Å². The predicted molar refractivity (Wildman–Crippen MR) is 87.4 cm³/mol. The van der Waals surface area contributed by atoms with Crippen LogP contribution in [0.15, 0.2) is 28.7 Å². The molecule has 0 radical (unpaired) electrons. The topological polar surface area (TPSA) is 58.4 Å². The molecule has 1 heterocycles. The molecule has 0 aliphatic carbocycles. The van der Waals surface area contributed by atoms with Crippen molar-refractivity contribution in [2.24, 2.45) is 0 Å². The van der Waals surface area contributed by atoms with E-state index in [0.29, 0.717) is 23.9 Å². The van der Waals surface area contributed by atoms with Crippen LogP contribution in [0.3, 0.4) is 0 Å². The summed E-state index contributed by atoms with van der Waals surface area (Å²) in [7, 11) is 0. The Morgan fingerprint density at radius 1 is 1.27 bits per heavy atom. The highest BCUT2D eigenvalue weighted by Gasteiger charge is 2.15. The summed E-state index contributed by atoms with van der Waals surface area (Å²) >= 11 is 0. The molecule has 0 aliphatic heterocycles. The first-order valence-electron chi connectivity index (χ1n) is 7.55. The fourth-order valence-corrected chi connectivity index (χ4v) is 2.49. The second-order valence-electron chi connectivity index (χ2n) is 5.27. The average Bonchev–Trinajstić information content (AvgIpc) is 2.83. The summed E-state index contributed by atoms with van der Waals surface area (Å²) in [5.74, 6) is 0.605. The highest BCUT2D eigenvalue weighted by atomic mass is 16.4. The van der Waals surface area contributed by atoms with Crippen molar-refractivity contribution in [3.05, 3.63) is 47.2 Å². The molecule has 1 amide bonds. The molecular formula is C17H23N3O2. The third kappa shape index (κ3) is 3.67. The third-order valence-corrected chi connectivity index (χ3v) is 3.61. The van der Waals surface area contributed by atoms with E-state index in [-0.39, 0.29) is 5.91 Å². The number of anilines is 1. The molecule has 0 saturated heterocycles. The van der Waals surface area contributed by atoms with E-state index in [0.717, 1.165) is 13.1 Å². The van der Waals surface area contributed by atoms with E-state index >= 15 is 0 Å². The summed E-state index contributed by atoms with van der Waals surface area (Å²) in [6.45, 7) is 9.91. The largest absolute Gasteiger partial charge is 0.436 e. The third-order valence-electron chi connectivity index (χ3n) is 3.61. The number of oxazole rings is 1. The molecule has 0 atom stereocenters. The summed E-state index contributed by atoms with van der Waals surface area (Å²) in [4.78, 5) is 18.4. The number of nitrogens with zero attached hydrogens (tertiary/aromatic N) is 2. The van der Waals surface area contributed by atoms with Crippen LogP contribution in [-0.2, 0) is 0 Å². The van der Waals surface area contributed by atoms with Gasteiger partial charge < -0.3 is 14.6 Å². The van der Waals surface area contributed by atoms with Gasteiger partial charge in [-0.25, -0.2) is 4.98 Å². The summed E-state index contributed by atoms with van der Waals surface area (Å²) < 4.78 is 5.33. The zero-order valence-corrected chi connectivity index (χ0v) is 13.6. The molecule has 2 rings (SSSR count). The van der Waals surface area contributed by atoms with Gasteiger partial charge >= 0.3 is 0 Å². The molecule has 0 unspecified atom stereocenters. The van der Waals surface area contributed by atoms with Gasteiger partial charge in [0.2, 0.25) is 5.76 Å². The van der Waals surface area contributed by atoms with E-state index in [2.05, 4.69) is 41.2 Å². The fraction of sp³-hybridized carbons (Fsp3) is 0.412. The Kier molecular flexibility index (Phi) is 5.20. The van der Waals surface area contributed by atoms with Gasteiger partial charge in [-0.15, -0.1) is 0 Å². The van der Waals surface area contributed by atoms with Gasteiger partial charge in [0.05, 0.1) is 5.69 Å². The number of carbonyl (C=O) groups excluding carboxylic acids is 1. The number of amides is 1. The molecule has 5 nitrogen and oxygen atoms in total. The van der Waals surface area contributed by atoms with Crippen LogP contribution in [0.2, 0.25) is 0 Å². The second-order valence-corrected chi connectivity index (χ2v) is 5.27. The molecule has 0 fully saturated rings. The van der Waals surface area contributed by atoms with Crippen LogP contribution in [0, 0.1) is 20.8 Å². The van der Waals surface area contributed by atoms with Gasteiger partial charge in [0.15, 0.2) is 5.89 Å². The molecule has 2 aromatic rings. The Balaban J connectivity index is 1.93. The number of aromatic nitrogens is 1. The van der Waals surface area contributed by atoms with Crippen molar-refractivity contribution >= 4 is 11.6 Å². The summed E-state index contributed by atoms with van der Waals surface area (Å²) in [5.41, 5.74) is 3.06.